The number of rotatable bonds is 9. The summed E-state index contributed by atoms with van der Waals surface area (Å²) in [6.45, 7) is 4.69. The van der Waals surface area contributed by atoms with Crippen molar-refractivity contribution in [2.45, 2.75) is 19.4 Å². The third kappa shape index (κ3) is 5.23. The maximum absolute atomic E-state index is 5.85. The fourth-order valence-corrected chi connectivity index (χ4v) is 3.19. The molecule has 0 aliphatic carbocycles. The first-order chi connectivity index (χ1) is 13.8. The van der Waals surface area contributed by atoms with E-state index in [0.29, 0.717) is 6.54 Å². The minimum Gasteiger partial charge on any atom is -0.492 e. The molecule has 7 heteroatoms. The zero-order chi connectivity index (χ0) is 19.0. The van der Waals surface area contributed by atoms with Crippen LogP contribution in [-0.2, 0) is 6.54 Å². The van der Waals surface area contributed by atoms with Crippen LogP contribution in [0.4, 0.5) is 17.3 Å². The maximum atomic E-state index is 5.85. The largest absolute Gasteiger partial charge is 0.492 e. The Bertz CT molecular complexity index is 845. The quantitative estimate of drug-likeness (QED) is 0.584. The van der Waals surface area contributed by atoms with Gasteiger partial charge in [0.25, 0.3) is 0 Å². The number of ether oxygens (including phenoxy) is 1. The average molecular weight is 379 g/mol. The molecule has 1 fully saturated rings. The monoisotopic (exact) mass is 379 g/mol. The van der Waals surface area contributed by atoms with E-state index in [-0.39, 0.29) is 0 Å². The molecule has 7 nitrogen and oxygen atoms in total. The summed E-state index contributed by atoms with van der Waals surface area (Å²) < 4.78 is 11.2. The van der Waals surface area contributed by atoms with Gasteiger partial charge in [-0.15, -0.1) is 0 Å². The smallest absolute Gasteiger partial charge is 0.135 e. The highest BCUT2D eigenvalue weighted by Crippen LogP contribution is 2.20. The van der Waals surface area contributed by atoms with E-state index < -0.39 is 0 Å². The number of furan rings is 1. The van der Waals surface area contributed by atoms with Gasteiger partial charge in [-0.2, -0.15) is 0 Å². The molecule has 3 heterocycles. The highest BCUT2D eigenvalue weighted by atomic mass is 16.5. The molecular formula is C21H25N5O2. The Morgan fingerprint density at radius 3 is 2.64 bits per heavy atom. The molecule has 0 bridgehead atoms. The number of anilines is 3. The van der Waals surface area contributed by atoms with Crippen molar-refractivity contribution in [1.82, 2.24) is 14.9 Å². The Kier molecular flexibility index (Phi) is 6.04. The van der Waals surface area contributed by atoms with Crippen LogP contribution < -0.4 is 15.4 Å². The van der Waals surface area contributed by atoms with E-state index in [1.54, 1.807) is 6.26 Å². The first-order valence-corrected chi connectivity index (χ1v) is 9.66. The van der Waals surface area contributed by atoms with E-state index >= 15 is 0 Å². The topological polar surface area (TPSA) is 75.5 Å². The standard InChI is InChI=1S/C21H25N5O2/c1-2-10-26(9-1)11-13-28-18-7-5-17(6-8-18)25-21-14-20(23-16-24-21)22-15-19-4-3-12-27-19/h3-8,12,14,16H,1-2,9-11,13,15H2,(H2,22,23,24,25). The predicted octanol–water partition coefficient (Wildman–Crippen LogP) is 3.90. The van der Waals surface area contributed by atoms with Gasteiger partial charge in [-0.25, -0.2) is 9.97 Å². The van der Waals surface area contributed by atoms with Crippen LogP contribution in [0.5, 0.6) is 5.75 Å². The molecule has 0 amide bonds. The van der Waals surface area contributed by atoms with Gasteiger partial charge in [-0.05, 0) is 62.3 Å². The zero-order valence-corrected chi connectivity index (χ0v) is 15.8. The molecule has 1 aliphatic heterocycles. The van der Waals surface area contributed by atoms with Crippen molar-refractivity contribution in [3.63, 3.8) is 0 Å². The molecule has 0 radical (unpaired) electrons. The van der Waals surface area contributed by atoms with Crippen molar-refractivity contribution in [2.24, 2.45) is 0 Å². The van der Waals surface area contributed by atoms with Crippen molar-refractivity contribution in [2.75, 3.05) is 36.9 Å². The molecule has 0 atom stereocenters. The third-order valence-electron chi connectivity index (χ3n) is 4.69. The highest BCUT2D eigenvalue weighted by molar-refractivity contribution is 5.59. The molecule has 0 unspecified atom stereocenters. The number of hydrogen-bond acceptors (Lipinski definition) is 7. The summed E-state index contributed by atoms with van der Waals surface area (Å²) in [5.74, 6) is 3.19. The van der Waals surface area contributed by atoms with Crippen LogP contribution in [0.25, 0.3) is 0 Å². The summed E-state index contributed by atoms with van der Waals surface area (Å²) in [4.78, 5) is 11.0. The van der Waals surface area contributed by atoms with Gasteiger partial charge in [-0.1, -0.05) is 0 Å². The Morgan fingerprint density at radius 1 is 1.04 bits per heavy atom. The first kappa shape index (κ1) is 18.3. The number of benzene rings is 1. The molecule has 2 N–H and O–H groups in total. The number of nitrogens with zero attached hydrogens (tertiary/aromatic N) is 3. The van der Waals surface area contributed by atoms with Crippen LogP contribution in [0.3, 0.4) is 0 Å². The van der Waals surface area contributed by atoms with Crippen LogP contribution in [0.1, 0.15) is 18.6 Å². The molecule has 3 aromatic rings. The number of likely N-dealkylation sites (tertiary alicyclic amines) is 1. The third-order valence-corrected chi connectivity index (χ3v) is 4.69. The van der Waals surface area contributed by atoms with Crippen molar-refractivity contribution in [3.05, 3.63) is 60.8 Å². The molecule has 0 spiro atoms. The Labute approximate surface area is 164 Å². The van der Waals surface area contributed by atoms with Crippen LogP contribution in [0.15, 0.2) is 59.5 Å². The van der Waals surface area contributed by atoms with Gasteiger partial charge in [0, 0.05) is 18.3 Å². The van der Waals surface area contributed by atoms with Gasteiger partial charge in [0.05, 0.1) is 12.8 Å². The lowest BCUT2D eigenvalue weighted by atomic mass is 10.3. The van der Waals surface area contributed by atoms with E-state index in [0.717, 1.165) is 42.0 Å². The number of hydrogen-bond donors (Lipinski definition) is 2. The van der Waals surface area contributed by atoms with Crippen LogP contribution >= 0.6 is 0 Å². The minimum absolute atomic E-state index is 0.576. The summed E-state index contributed by atoms with van der Waals surface area (Å²) in [7, 11) is 0. The SMILES string of the molecule is c1coc(CNc2cc(Nc3ccc(OCCN4CCCC4)cc3)ncn2)c1. The van der Waals surface area contributed by atoms with E-state index in [1.807, 2.05) is 42.5 Å². The predicted molar refractivity (Wildman–Crippen MR) is 109 cm³/mol. The summed E-state index contributed by atoms with van der Waals surface area (Å²) in [6.07, 6.45) is 5.80. The molecule has 1 aliphatic rings. The maximum Gasteiger partial charge on any atom is 0.135 e. The lowest BCUT2D eigenvalue weighted by Crippen LogP contribution is -2.25. The summed E-state index contributed by atoms with van der Waals surface area (Å²) in [5.41, 5.74) is 0.947. The molecule has 0 saturated carbocycles. The normalized spacial score (nSPS) is 14.1. The Balaban J connectivity index is 1.27. The molecule has 28 heavy (non-hydrogen) atoms. The van der Waals surface area contributed by atoms with Gasteiger partial charge in [0.1, 0.15) is 36.1 Å². The zero-order valence-electron chi connectivity index (χ0n) is 15.8. The van der Waals surface area contributed by atoms with Gasteiger partial charge in [-0.3, -0.25) is 4.90 Å². The van der Waals surface area contributed by atoms with Gasteiger partial charge < -0.3 is 19.8 Å². The average Bonchev–Trinajstić information content (AvgIpc) is 3.42. The van der Waals surface area contributed by atoms with E-state index in [4.69, 9.17) is 9.15 Å². The van der Waals surface area contributed by atoms with Crippen LogP contribution in [0, 0.1) is 0 Å². The van der Waals surface area contributed by atoms with Crippen molar-refractivity contribution < 1.29 is 9.15 Å². The van der Waals surface area contributed by atoms with Gasteiger partial charge in [0.15, 0.2) is 0 Å². The minimum atomic E-state index is 0.576. The Morgan fingerprint density at radius 2 is 1.86 bits per heavy atom. The second-order valence-electron chi connectivity index (χ2n) is 6.77. The van der Waals surface area contributed by atoms with Crippen molar-refractivity contribution in [1.29, 1.82) is 0 Å². The van der Waals surface area contributed by atoms with E-state index in [2.05, 4.69) is 25.5 Å². The van der Waals surface area contributed by atoms with E-state index in [9.17, 15) is 0 Å². The molecule has 4 rings (SSSR count). The summed E-state index contributed by atoms with van der Waals surface area (Å²) in [5, 5.41) is 6.51. The lowest BCUT2D eigenvalue weighted by Gasteiger charge is -2.15. The highest BCUT2D eigenvalue weighted by Gasteiger charge is 2.10. The van der Waals surface area contributed by atoms with Gasteiger partial charge >= 0.3 is 0 Å². The molecule has 2 aromatic heterocycles. The number of nitrogens with one attached hydrogen (secondary N) is 2. The van der Waals surface area contributed by atoms with Crippen molar-refractivity contribution in [3.8, 4) is 5.75 Å². The van der Waals surface area contributed by atoms with Crippen LogP contribution in [-0.4, -0.2) is 41.1 Å². The Hall–Kier alpha value is -3.06. The summed E-state index contributed by atoms with van der Waals surface area (Å²) >= 11 is 0. The second kappa shape index (κ2) is 9.23. The van der Waals surface area contributed by atoms with Crippen molar-refractivity contribution >= 4 is 17.3 Å². The molecule has 1 saturated heterocycles. The lowest BCUT2D eigenvalue weighted by molar-refractivity contribution is 0.238. The first-order valence-electron chi connectivity index (χ1n) is 9.66. The van der Waals surface area contributed by atoms with Gasteiger partial charge in [0.2, 0.25) is 0 Å². The van der Waals surface area contributed by atoms with E-state index in [1.165, 1.54) is 32.3 Å². The second-order valence-corrected chi connectivity index (χ2v) is 6.77. The number of aromatic nitrogens is 2. The fourth-order valence-electron chi connectivity index (χ4n) is 3.19. The molecular weight excluding hydrogens is 354 g/mol. The fraction of sp³-hybridized carbons (Fsp3) is 0.333. The van der Waals surface area contributed by atoms with Crippen LogP contribution in [0.2, 0.25) is 0 Å². The molecule has 146 valence electrons. The summed E-state index contributed by atoms with van der Waals surface area (Å²) in [6, 6.07) is 13.6. The molecule has 1 aromatic carbocycles.